The van der Waals surface area contributed by atoms with Crippen LogP contribution in [0.1, 0.15) is 0 Å². The van der Waals surface area contributed by atoms with E-state index in [1.807, 2.05) is 0 Å². The zero-order valence-electron chi connectivity index (χ0n) is 36.6. The molecule has 67 heavy (non-hydrogen) atoms. The molecule has 314 valence electrons. The van der Waals surface area contributed by atoms with Crippen LogP contribution in [-0.2, 0) is 0 Å². The van der Waals surface area contributed by atoms with Gasteiger partial charge in [-0.3, -0.25) is 0 Å². The van der Waals surface area contributed by atoms with Crippen LogP contribution in [0.3, 0.4) is 0 Å². The summed E-state index contributed by atoms with van der Waals surface area (Å²) in [6, 6.07) is 91.8. The second-order valence-corrected chi connectivity index (χ2v) is 17.2. The van der Waals surface area contributed by atoms with E-state index in [-0.39, 0.29) is 0 Å². The first-order valence-electron chi connectivity index (χ1n) is 22.9. The van der Waals surface area contributed by atoms with Crippen molar-refractivity contribution in [1.29, 1.82) is 0 Å². The van der Waals surface area contributed by atoms with Crippen LogP contribution in [-0.4, -0.2) is 4.57 Å². The van der Waals surface area contributed by atoms with Gasteiger partial charge in [0.1, 0.15) is 11.2 Å². The fourth-order valence-electron chi connectivity index (χ4n) is 10.3. The fraction of sp³-hybridized carbons (Fsp3) is 0. The van der Waals surface area contributed by atoms with E-state index in [9.17, 15) is 0 Å². The maximum atomic E-state index is 6.71. The number of rotatable bonds is 8. The van der Waals surface area contributed by atoms with Gasteiger partial charge in [-0.1, -0.05) is 188 Å². The molecule has 11 aromatic carbocycles. The Morgan fingerprint density at radius 1 is 0.328 bits per heavy atom. The summed E-state index contributed by atoms with van der Waals surface area (Å²) in [4.78, 5) is 2.40. The summed E-state index contributed by atoms with van der Waals surface area (Å²) >= 11 is 0. The Balaban J connectivity index is 0.964. The molecule has 3 nitrogen and oxygen atoms in total. The van der Waals surface area contributed by atoms with Crippen LogP contribution >= 0.6 is 0 Å². The van der Waals surface area contributed by atoms with Crippen LogP contribution in [0.15, 0.2) is 259 Å². The molecule has 0 aliphatic carbocycles. The van der Waals surface area contributed by atoms with Crippen LogP contribution < -0.4 is 4.90 Å². The highest BCUT2D eigenvalue weighted by Gasteiger charge is 2.22. The fourth-order valence-corrected chi connectivity index (χ4v) is 10.3. The van der Waals surface area contributed by atoms with Crippen molar-refractivity contribution >= 4 is 71.6 Å². The summed E-state index contributed by atoms with van der Waals surface area (Å²) in [6.45, 7) is 0. The smallest absolute Gasteiger partial charge is 0.143 e. The number of nitrogens with zero attached hydrogens (tertiary/aromatic N) is 2. The predicted molar refractivity (Wildman–Crippen MR) is 282 cm³/mol. The van der Waals surface area contributed by atoms with Crippen molar-refractivity contribution in [2.24, 2.45) is 0 Å². The first-order chi connectivity index (χ1) is 33.2. The molecule has 0 amide bonds. The molecule has 2 heterocycles. The highest BCUT2D eigenvalue weighted by atomic mass is 16.3. The van der Waals surface area contributed by atoms with Gasteiger partial charge in [-0.25, -0.2) is 0 Å². The lowest BCUT2D eigenvalue weighted by atomic mass is 9.95. The third-order valence-electron chi connectivity index (χ3n) is 13.4. The minimum Gasteiger partial charge on any atom is -0.455 e. The van der Waals surface area contributed by atoms with Gasteiger partial charge in [-0.2, -0.15) is 0 Å². The lowest BCUT2D eigenvalue weighted by Gasteiger charge is -2.28. The standard InChI is InChI=1S/C64H42N2O/c1-2-16-43(17-3-1)47-19-14-20-48(42-47)44-32-37-49(38-33-44)65(59-28-11-9-25-55(59)56-26-15-31-62-63(56)57-41-36-45-18-4-5-22-52(45)64(57)67-62)50-39-34-46(35-40-50)51-21-6-10-27-58(51)66-60-29-12-7-23-53(60)54-24-8-13-30-61(54)66/h1-42H. The molecule has 0 radical (unpaired) electrons. The van der Waals surface area contributed by atoms with E-state index in [1.54, 1.807) is 0 Å². The highest BCUT2D eigenvalue weighted by Crippen LogP contribution is 2.46. The van der Waals surface area contributed by atoms with E-state index in [0.717, 1.165) is 72.3 Å². The van der Waals surface area contributed by atoms with Crippen LogP contribution in [0.25, 0.3) is 105 Å². The van der Waals surface area contributed by atoms with Crippen molar-refractivity contribution in [3.63, 3.8) is 0 Å². The second-order valence-electron chi connectivity index (χ2n) is 17.2. The van der Waals surface area contributed by atoms with Gasteiger partial charge in [0.05, 0.1) is 22.4 Å². The van der Waals surface area contributed by atoms with Gasteiger partial charge >= 0.3 is 0 Å². The molecule has 0 bridgehead atoms. The molecule has 0 unspecified atom stereocenters. The van der Waals surface area contributed by atoms with Crippen molar-refractivity contribution in [2.45, 2.75) is 0 Å². The van der Waals surface area contributed by atoms with Crippen molar-refractivity contribution in [3.8, 4) is 50.2 Å². The SMILES string of the molecule is c1ccc(-c2cccc(-c3ccc(N(c4ccc(-c5ccccc5-n5c6ccccc6c6ccccc65)cc4)c4ccccc4-c4cccc5oc6c7ccccc7ccc6c45)cc3)c2)cc1. The lowest BCUT2D eigenvalue weighted by molar-refractivity contribution is 0.673. The van der Waals surface area contributed by atoms with Gasteiger partial charge in [0.2, 0.25) is 0 Å². The number of hydrogen-bond donors (Lipinski definition) is 0. The molecule has 0 aliphatic heterocycles. The van der Waals surface area contributed by atoms with Crippen molar-refractivity contribution in [2.75, 3.05) is 4.90 Å². The van der Waals surface area contributed by atoms with Crippen LogP contribution in [0.4, 0.5) is 17.1 Å². The number of para-hydroxylation sites is 4. The molecule has 0 N–H and O–H groups in total. The minimum absolute atomic E-state index is 0.874. The Labute approximate surface area is 388 Å². The molecule has 3 heteroatoms. The molecule has 0 saturated carbocycles. The van der Waals surface area contributed by atoms with Crippen molar-refractivity contribution in [1.82, 2.24) is 4.57 Å². The molecule has 13 rings (SSSR count). The summed E-state index contributed by atoms with van der Waals surface area (Å²) in [5, 5.41) is 7.00. The molecular weight excluding hydrogens is 813 g/mol. The maximum absolute atomic E-state index is 6.71. The summed E-state index contributed by atoms with van der Waals surface area (Å²) in [5.41, 5.74) is 17.8. The minimum atomic E-state index is 0.874. The average molecular weight is 855 g/mol. The zero-order valence-corrected chi connectivity index (χ0v) is 36.6. The number of hydrogen-bond acceptors (Lipinski definition) is 2. The number of furan rings is 1. The molecule has 0 fully saturated rings. The van der Waals surface area contributed by atoms with Gasteiger partial charge in [0.25, 0.3) is 0 Å². The Morgan fingerprint density at radius 2 is 0.866 bits per heavy atom. The molecule has 0 saturated heterocycles. The monoisotopic (exact) mass is 854 g/mol. The summed E-state index contributed by atoms with van der Waals surface area (Å²) in [5.74, 6) is 0. The number of fused-ring (bicyclic) bond motifs is 8. The second kappa shape index (κ2) is 16.0. The number of benzene rings is 11. The molecule has 2 aromatic heterocycles. The van der Waals surface area contributed by atoms with Gasteiger partial charge in [0, 0.05) is 49.4 Å². The van der Waals surface area contributed by atoms with Gasteiger partial charge in [0.15, 0.2) is 0 Å². The molecule has 0 aliphatic rings. The summed E-state index contributed by atoms with van der Waals surface area (Å²) in [7, 11) is 0. The van der Waals surface area contributed by atoms with E-state index < -0.39 is 0 Å². The van der Waals surface area contributed by atoms with E-state index in [0.29, 0.717) is 0 Å². The third kappa shape index (κ3) is 6.51. The average Bonchev–Trinajstić information content (AvgIpc) is 3.96. The first-order valence-corrected chi connectivity index (χ1v) is 22.9. The number of aromatic nitrogens is 1. The normalized spacial score (nSPS) is 11.6. The quantitative estimate of drug-likeness (QED) is 0.152. The predicted octanol–water partition coefficient (Wildman–Crippen LogP) is 18.0. The van der Waals surface area contributed by atoms with Crippen molar-refractivity contribution in [3.05, 3.63) is 255 Å². The van der Waals surface area contributed by atoms with E-state index >= 15 is 0 Å². The Morgan fingerprint density at radius 3 is 1.60 bits per heavy atom. The van der Waals surface area contributed by atoms with Crippen LogP contribution in [0.2, 0.25) is 0 Å². The van der Waals surface area contributed by atoms with Gasteiger partial charge in [-0.15, -0.1) is 0 Å². The Bertz CT molecular complexity index is 3920. The third-order valence-corrected chi connectivity index (χ3v) is 13.4. The summed E-state index contributed by atoms with van der Waals surface area (Å²) < 4.78 is 9.13. The van der Waals surface area contributed by atoms with E-state index in [2.05, 4.69) is 264 Å². The Hall–Kier alpha value is -8.92. The highest BCUT2D eigenvalue weighted by molar-refractivity contribution is 6.20. The zero-order chi connectivity index (χ0) is 44.3. The molecular formula is C64H42N2O. The van der Waals surface area contributed by atoms with E-state index in [1.165, 1.54) is 49.4 Å². The van der Waals surface area contributed by atoms with Gasteiger partial charge < -0.3 is 13.9 Å². The maximum Gasteiger partial charge on any atom is 0.143 e. The summed E-state index contributed by atoms with van der Waals surface area (Å²) in [6.07, 6.45) is 0. The van der Waals surface area contributed by atoms with Gasteiger partial charge in [-0.05, 0) is 105 Å². The topological polar surface area (TPSA) is 21.3 Å². The van der Waals surface area contributed by atoms with E-state index in [4.69, 9.17) is 4.42 Å². The molecule has 0 spiro atoms. The molecule has 13 aromatic rings. The van der Waals surface area contributed by atoms with Crippen molar-refractivity contribution < 1.29 is 4.42 Å². The van der Waals surface area contributed by atoms with Crippen LogP contribution in [0, 0.1) is 0 Å². The largest absolute Gasteiger partial charge is 0.455 e. The number of anilines is 3. The lowest BCUT2D eigenvalue weighted by Crippen LogP contribution is -2.11. The molecule has 0 atom stereocenters. The Kier molecular flexibility index (Phi) is 9.17. The first kappa shape index (κ1) is 38.5. The van der Waals surface area contributed by atoms with Crippen LogP contribution in [0.5, 0.6) is 0 Å².